The van der Waals surface area contributed by atoms with Gasteiger partial charge in [-0.3, -0.25) is 4.79 Å². The molecular weight excluding hydrogens is 280 g/mol. The van der Waals surface area contributed by atoms with E-state index in [1.54, 1.807) is 35.7 Å². The topological polar surface area (TPSA) is 61.8 Å². The van der Waals surface area contributed by atoms with Gasteiger partial charge in [0, 0.05) is 5.56 Å². The van der Waals surface area contributed by atoms with Crippen molar-refractivity contribution in [2.75, 3.05) is 13.4 Å². The predicted molar refractivity (Wildman–Crippen MR) is 71.5 cm³/mol. The molecule has 20 heavy (non-hydrogen) atoms. The summed E-state index contributed by atoms with van der Waals surface area (Å²) in [5, 5.41) is 1.77. The molecular formula is C14H10O5S. The molecule has 0 atom stereocenters. The molecule has 1 aliphatic rings. The Hall–Kier alpha value is -2.34. The van der Waals surface area contributed by atoms with Crippen LogP contribution in [-0.4, -0.2) is 25.2 Å². The Morgan fingerprint density at radius 1 is 1.20 bits per heavy atom. The minimum absolute atomic E-state index is 0.153. The summed E-state index contributed by atoms with van der Waals surface area (Å²) in [6.07, 6.45) is 0. The van der Waals surface area contributed by atoms with Crippen molar-refractivity contribution in [2.45, 2.75) is 0 Å². The van der Waals surface area contributed by atoms with Crippen molar-refractivity contribution in [1.29, 1.82) is 0 Å². The maximum Gasteiger partial charge on any atom is 0.348 e. The molecule has 0 fully saturated rings. The normalized spacial score (nSPS) is 12.2. The zero-order valence-electron chi connectivity index (χ0n) is 10.3. The SMILES string of the molecule is O=C(COC(=O)c1cccs1)c1ccc2c(c1)OCO2. The minimum Gasteiger partial charge on any atom is -0.454 e. The van der Waals surface area contributed by atoms with Crippen LogP contribution in [0.3, 0.4) is 0 Å². The molecule has 1 aromatic heterocycles. The molecule has 0 bridgehead atoms. The van der Waals surface area contributed by atoms with Crippen LogP contribution in [0.25, 0.3) is 0 Å². The van der Waals surface area contributed by atoms with E-state index in [4.69, 9.17) is 14.2 Å². The molecule has 2 heterocycles. The van der Waals surface area contributed by atoms with E-state index in [0.717, 1.165) is 0 Å². The average Bonchev–Trinajstić information content (AvgIpc) is 3.13. The van der Waals surface area contributed by atoms with Crippen molar-refractivity contribution in [3.05, 3.63) is 46.2 Å². The van der Waals surface area contributed by atoms with Gasteiger partial charge in [0.2, 0.25) is 6.79 Å². The second-order valence-corrected chi connectivity index (χ2v) is 4.99. The summed E-state index contributed by atoms with van der Waals surface area (Å²) in [6.45, 7) is -0.142. The Balaban J connectivity index is 1.63. The van der Waals surface area contributed by atoms with Crippen LogP contribution in [-0.2, 0) is 4.74 Å². The number of thiophene rings is 1. The predicted octanol–water partition coefficient (Wildman–Crippen LogP) is 2.52. The molecule has 6 heteroatoms. The first-order chi connectivity index (χ1) is 9.74. The number of hydrogen-bond donors (Lipinski definition) is 0. The van der Waals surface area contributed by atoms with Gasteiger partial charge in [-0.1, -0.05) is 6.07 Å². The third-order valence-electron chi connectivity index (χ3n) is 2.75. The van der Waals surface area contributed by atoms with Crippen LogP contribution >= 0.6 is 11.3 Å². The van der Waals surface area contributed by atoms with Crippen molar-refractivity contribution < 1.29 is 23.8 Å². The summed E-state index contributed by atoms with van der Waals surface area (Å²) < 4.78 is 15.3. The number of ketones is 1. The average molecular weight is 290 g/mol. The zero-order valence-corrected chi connectivity index (χ0v) is 11.1. The number of ether oxygens (including phenoxy) is 3. The number of carbonyl (C=O) groups excluding carboxylic acids is 2. The Bertz CT molecular complexity index is 648. The fourth-order valence-electron chi connectivity index (χ4n) is 1.75. The summed E-state index contributed by atoms with van der Waals surface area (Å²) in [6, 6.07) is 8.27. The lowest BCUT2D eigenvalue weighted by Crippen LogP contribution is -2.13. The van der Waals surface area contributed by atoms with Crippen molar-refractivity contribution in [2.24, 2.45) is 0 Å². The first kappa shape index (κ1) is 12.7. The second kappa shape index (κ2) is 5.34. The lowest BCUT2D eigenvalue weighted by molar-refractivity contribution is 0.0479. The van der Waals surface area contributed by atoms with Crippen LogP contribution in [0.4, 0.5) is 0 Å². The quantitative estimate of drug-likeness (QED) is 0.639. The molecule has 1 aromatic carbocycles. The smallest absolute Gasteiger partial charge is 0.348 e. The van der Waals surface area contributed by atoms with Gasteiger partial charge in [0.05, 0.1) is 0 Å². The fraction of sp³-hybridized carbons (Fsp3) is 0.143. The molecule has 1 aliphatic heterocycles. The summed E-state index contributed by atoms with van der Waals surface area (Å²) in [4.78, 5) is 24.0. The Labute approximate surface area is 118 Å². The van der Waals surface area contributed by atoms with Crippen molar-refractivity contribution in [3.63, 3.8) is 0 Å². The van der Waals surface area contributed by atoms with Crippen LogP contribution in [0.2, 0.25) is 0 Å². The second-order valence-electron chi connectivity index (χ2n) is 4.04. The highest BCUT2D eigenvalue weighted by Gasteiger charge is 2.17. The maximum absolute atomic E-state index is 11.9. The lowest BCUT2D eigenvalue weighted by Gasteiger charge is -2.04. The van der Waals surface area contributed by atoms with Gasteiger partial charge in [-0.25, -0.2) is 4.79 Å². The van der Waals surface area contributed by atoms with E-state index in [9.17, 15) is 9.59 Å². The number of Topliss-reactive ketones (excluding diaryl/α,β-unsaturated/α-hetero) is 1. The Kier molecular flexibility index (Phi) is 3.39. The highest BCUT2D eigenvalue weighted by atomic mass is 32.1. The Morgan fingerprint density at radius 3 is 2.85 bits per heavy atom. The first-order valence-corrected chi connectivity index (χ1v) is 6.75. The largest absolute Gasteiger partial charge is 0.454 e. The minimum atomic E-state index is -0.492. The number of hydrogen-bond acceptors (Lipinski definition) is 6. The van der Waals surface area contributed by atoms with Gasteiger partial charge in [0.15, 0.2) is 23.9 Å². The van der Waals surface area contributed by atoms with Crippen molar-refractivity contribution in [3.8, 4) is 11.5 Å². The number of rotatable bonds is 4. The van der Waals surface area contributed by atoms with Crippen LogP contribution < -0.4 is 9.47 Å². The molecule has 2 aromatic rings. The van der Waals surface area contributed by atoms with Gasteiger partial charge in [-0.2, -0.15) is 0 Å². The first-order valence-electron chi connectivity index (χ1n) is 5.87. The summed E-state index contributed by atoms with van der Waals surface area (Å²) in [7, 11) is 0. The van der Waals surface area contributed by atoms with Crippen LogP contribution in [0.1, 0.15) is 20.0 Å². The maximum atomic E-state index is 11.9. The fourth-order valence-corrected chi connectivity index (χ4v) is 2.37. The molecule has 0 saturated carbocycles. The van der Waals surface area contributed by atoms with Gasteiger partial charge in [-0.05, 0) is 29.6 Å². The van der Waals surface area contributed by atoms with Crippen molar-refractivity contribution >= 4 is 23.1 Å². The summed E-state index contributed by atoms with van der Waals surface area (Å²) >= 11 is 1.27. The van der Waals surface area contributed by atoms with Gasteiger partial charge < -0.3 is 14.2 Å². The van der Waals surface area contributed by atoms with Gasteiger partial charge in [-0.15, -0.1) is 11.3 Å². The van der Waals surface area contributed by atoms with E-state index in [1.165, 1.54) is 11.3 Å². The van der Waals surface area contributed by atoms with E-state index in [0.29, 0.717) is 21.9 Å². The molecule has 0 unspecified atom stereocenters. The van der Waals surface area contributed by atoms with Crippen LogP contribution in [0.15, 0.2) is 35.7 Å². The number of esters is 1. The van der Waals surface area contributed by atoms with Gasteiger partial charge in [0.25, 0.3) is 0 Å². The highest BCUT2D eigenvalue weighted by Crippen LogP contribution is 2.32. The Morgan fingerprint density at radius 2 is 2.05 bits per heavy atom. The number of benzene rings is 1. The number of fused-ring (bicyclic) bond motifs is 1. The molecule has 5 nitrogen and oxygen atoms in total. The molecule has 0 aliphatic carbocycles. The number of carbonyl (C=O) groups is 2. The highest BCUT2D eigenvalue weighted by molar-refractivity contribution is 7.11. The lowest BCUT2D eigenvalue weighted by atomic mass is 10.1. The zero-order chi connectivity index (χ0) is 13.9. The van der Waals surface area contributed by atoms with Crippen molar-refractivity contribution in [1.82, 2.24) is 0 Å². The van der Waals surface area contributed by atoms with E-state index in [1.807, 2.05) is 0 Å². The molecule has 0 spiro atoms. The molecule has 0 amide bonds. The van der Waals surface area contributed by atoms with E-state index in [-0.39, 0.29) is 19.2 Å². The molecule has 0 N–H and O–H groups in total. The monoisotopic (exact) mass is 290 g/mol. The van der Waals surface area contributed by atoms with Crippen LogP contribution in [0.5, 0.6) is 11.5 Å². The van der Waals surface area contributed by atoms with E-state index >= 15 is 0 Å². The van der Waals surface area contributed by atoms with Gasteiger partial charge in [0.1, 0.15) is 4.88 Å². The van der Waals surface area contributed by atoms with E-state index in [2.05, 4.69) is 0 Å². The molecule has 0 saturated heterocycles. The molecule has 0 radical (unpaired) electrons. The third kappa shape index (κ3) is 2.50. The van der Waals surface area contributed by atoms with Gasteiger partial charge >= 0.3 is 5.97 Å². The van der Waals surface area contributed by atoms with E-state index < -0.39 is 5.97 Å². The third-order valence-corrected chi connectivity index (χ3v) is 3.60. The standard InChI is InChI=1S/C14H10O5S/c15-10(7-17-14(16)13-2-1-5-20-13)9-3-4-11-12(6-9)19-8-18-11/h1-6H,7-8H2. The van der Waals surface area contributed by atoms with Crippen LogP contribution in [0, 0.1) is 0 Å². The summed E-state index contributed by atoms with van der Waals surface area (Å²) in [5.41, 5.74) is 0.424. The molecule has 3 rings (SSSR count). The summed E-state index contributed by atoms with van der Waals surface area (Å²) in [5.74, 6) is 0.361. The molecule has 102 valence electrons.